The fourth-order valence-corrected chi connectivity index (χ4v) is 2.77. The molecular formula is C28H34O5. The van der Waals surface area contributed by atoms with Crippen LogP contribution in [-0.2, 0) is 20.9 Å². The molecule has 33 heavy (non-hydrogen) atoms. The molecule has 3 aromatic rings. The number of para-hydroxylation sites is 1. The van der Waals surface area contributed by atoms with Crippen molar-refractivity contribution in [3.05, 3.63) is 96.3 Å². The Morgan fingerprint density at radius 2 is 1.36 bits per heavy atom. The lowest BCUT2D eigenvalue weighted by atomic mass is 10.0. The summed E-state index contributed by atoms with van der Waals surface area (Å²) < 4.78 is 21.7. The topological polar surface area (TPSA) is 54.0 Å². The van der Waals surface area contributed by atoms with Crippen molar-refractivity contribution < 1.29 is 23.7 Å². The Balaban J connectivity index is 0.00000129. The van der Waals surface area contributed by atoms with Crippen LogP contribution in [0, 0.1) is 0 Å². The molecule has 0 aliphatic carbocycles. The molecule has 0 spiro atoms. The zero-order valence-corrected chi connectivity index (χ0v) is 20.3. The van der Waals surface area contributed by atoms with E-state index in [-0.39, 0.29) is 6.61 Å². The third-order valence-corrected chi connectivity index (χ3v) is 4.13. The van der Waals surface area contributed by atoms with Crippen LogP contribution in [0.4, 0.5) is 0 Å². The summed E-state index contributed by atoms with van der Waals surface area (Å²) in [5, 5.41) is 0. The van der Waals surface area contributed by atoms with E-state index < -0.39 is 5.97 Å². The van der Waals surface area contributed by atoms with Gasteiger partial charge >= 0.3 is 5.97 Å². The van der Waals surface area contributed by atoms with Crippen molar-refractivity contribution >= 4 is 11.5 Å². The van der Waals surface area contributed by atoms with Gasteiger partial charge in [0.1, 0.15) is 29.4 Å². The molecule has 0 bridgehead atoms. The average molecular weight is 451 g/mol. The fraction of sp³-hybridized carbons (Fsp3) is 0.250. The zero-order valence-electron chi connectivity index (χ0n) is 20.3. The molecule has 0 aromatic heterocycles. The van der Waals surface area contributed by atoms with Crippen LogP contribution >= 0.6 is 0 Å². The van der Waals surface area contributed by atoms with Gasteiger partial charge in [-0.25, -0.2) is 4.79 Å². The minimum absolute atomic E-state index is 0.267. The molecule has 5 nitrogen and oxygen atoms in total. The Kier molecular flexibility index (Phi) is 13.2. The molecule has 0 saturated carbocycles. The standard InChI is InChI=1S/C24H22O5.2C2H6/c1-26-17-23(24(25)27-2)22-14-7-6-9-18(22)16-28-20-12-8-13-21(15-20)29-19-10-4-3-5-11-19;2*1-2/h3-15,17H,16H2,1-2H3;2*1-2H3. The Hall–Kier alpha value is -3.73. The van der Waals surface area contributed by atoms with E-state index in [1.165, 1.54) is 20.5 Å². The molecule has 0 fully saturated rings. The molecular weight excluding hydrogens is 416 g/mol. The third-order valence-electron chi connectivity index (χ3n) is 4.13. The number of carbonyl (C=O) groups is 1. The van der Waals surface area contributed by atoms with Crippen molar-refractivity contribution in [1.82, 2.24) is 0 Å². The number of carbonyl (C=O) groups excluding carboxylic acids is 1. The number of rotatable bonds is 8. The predicted molar refractivity (Wildman–Crippen MR) is 133 cm³/mol. The summed E-state index contributed by atoms with van der Waals surface area (Å²) in [4.78, 5) is 12.1. The zero-order chi connectivity index (χ0) is 24.5. The van der Waals surface area contributed by atoms with Crippen molar-refractivity contribution in [2.75, 3.05) is 14.2 Å². The van der Waals surface area contributed by atoms with Gasteiger partial charge in [0.15, 0.2) is 0 Å². The van der Waals surface area contributed by atoms with Crippen LogP contribution in [-0.4, -0.2) is 20.2 Å². The van der Waals surface area contributed by atoms with Gasteiger partial charge in [0.25, 0.3) is 0 Å². The molecule has 0 N–H and O–H groups in total. The summed E-state index contributed by atoms with van der Waals surface area (Å²) in [6.07, 6.45) is 1.37. The SMILES string of the molecule is CC.CC.COC=C(C(=O)OC)c1ccccc1COc1cccc(Oc2ccccc2)c1. The van der Waals surface area contributed by atoms with Crippen LogP contribution in [0.1, 0.15) is 38.8 Å². The minimum Gasteiger partial charge on any atom is -0.503 e. The van der Waals surface area contributed by atoms with Gasteiger partial charge in [0.05, 0.1) is 20.5 Å². The molecule has 0 unspecified atom stereocenters. The summed E-state index contributed by atoms with van der Waals surface area (Å²) >= 11 is 0. The van der Waals surface area contributed by atoms with E-state index in [4.69, 9.17) is 18.9 Å². The second-order valence-corrected chi connectivity index (χ2v) is 6.09. The number of methoxy groups -OCH3 is 2. The van der Waals surface area contributed by atoms with Crippen LogP contribution in [0.2, 0.25) is 0 Å². The highest BCUT2D eigenvalue weighted by Crippen LogP contribution is 2.27. The Morgan fingerprint density at radius 1 is 0.758 bits per heavy atom. The van der Waals surface area contributed by atoms with E-state index in [2.05, 4.69) is 0 Å². The van der Waals surface area contributed by atoms with E-state index >= 15 is 0 Å². The molecule has 3 aromatic carbocycles. The third kappa shape index (κ3) is 8.73. The minimum atomic E-state index is -0.474. The summed E-state index contributed by atoms with van der Waals surface area (Å²) in [7, 11) is 2.82. The molecule has 5 heteroatoms. The molecule has 0 radical (unpaired) electrons. The molecule has 3 rings (SSSR count). The highest BCUT2D eigenvalue weighted by molar-refractivity contribution is 6.16. The molecule has 0 amide bonds. The first-order valence-corrected chi connectivity index (χ1v) is 11.1. The lowest BCUT2D eigenvalue weighted by molar-refractivity contribution is -0.133. The monoisotopic (exact) mass is 450 g/mol. The normalized spacial score (nSPS) is 9.94. The quantitative estimate of drug-likeness (QED) is 0.205. The number of hydrogen-bond donors (Lipinski definition) is 0. The van der Waals surface area contributed by atoms with Gasteiger partial charge < -0.3 is 18.9 Å². The van der Waals surface area contributed by atoms with Gasteiger partial charge in [-0.1, -0.05) is 76.2 Å². The maximum atomic E-state index is 12.1. The highest BCUT2D eigenvalue weighted by atomic mass is 16.5. The number of esters is 1. The molecule has 0 heterocycles. The lowest BCUT2D eigenvalue weighted by Crippen LogP contribution is -2.08. The van der Waals surface area contributed by atoms with Gasteiger partial charge in [-0.05, 0) is 35.4 Å². The molecule has 0 aliphatic rings. The Bertz CT molecular complexity index is 980. The smallest absolute Gasteiger partial charge is 0.341 e. The average Bonchev–Trinajstić information content (AvgIpc) is 2.89. The first kappa shape index (κ1) is 27.3. The molecule has 0 atom stereocenters. The van der Waals surface area contributed by atoms with Crippen molar-refractivity contribution in [1.29, 1.82) is 0 Å². The van der Waals surface area contributed by atoms with E-state index in [1.807, 2.05) is 107 Å². The summed E-state index contributed by atoms with van der Waals surface area (Å²) in [6.45, 7) is 8.27. The van der Waals surface area contributed by atoms with E-state index in [1.54, 1.807) is 0 Å². The number of hydrogen-bond acceptors (Lipinski definition) is 5. The second-order valence-electron chi connectivity index (χ2n) is 6.09. The summed E-state index contributed by atoms with van der Waals surface area (Å²) in [5.41, 5.74) is 1.85. The largest absolute Gasteiger partial charge is 0.503 e. The van der Waals surface area contributed by atoms with E-state index in [0.29, 0.717) is 22.6 Å². The van der Waals surface area contributed by atoms with Crippen LogP contribution in [0.3, 0.4) is 0 Å². The van der Waals surface area contributed by atoms with Crippen LogP contribution < -0.4 is 9.47 Å². The molecule has 176 valence electrons. The van der Waals surface area contributed by atoms with E-state index in [9.17, 15) is 4.79 Å². The van der Waals surface area contributed by atoms with Gasteiger partial charge in [0.2, 0.25) is 0 Å². The van der Waals surface area contributed by atoms with Gasteiger partial charge in [-0.3, -0.25) is 0 Å². The number of benzene rings is 3. The first-order chi connectivity index (χ1) is 16.2. The maximum absolute atomic E-state index is 12.1. The van der Waals surface area contributed by atoms with Crippen molar-refractivity contribution in [2.24, 2.45) is 0 Å². The molecule has 0 saturated heterocycles. The Labute approximate surface area is 197 Å². The van der Waals surface area contributed by atoms with Crippen molar-refractivity contribution in [2.45, 2.75) is 34.3 Å². The second kappa shape index (κ2) is 16.0. The maximum Gasteiger partial charge on any atom is 0.341 e. The van der Waals surface area contributed by atoms with Crippen LogP contribution in [0.15, 0.2) is 85.1 Å². The van der Waals surface area contributed by atoms with Gasteiger partial charge in [0, 0.05) is 6.07 Å². The van der Waals surface area contributed by atoms with Crippen molar-refractivity contribution in [3.8, 4) is 17.2 Å². The fourth-order valence-electron chi connectivity index (χ4n) is 2.77. The van der Waals surface area contributed by atoms with Crippen molar-refractivity contribution in [3.63, 3.8) is 0 Å². The van der Waals surface area contributed by atoms with Crippen LogP contribution in [0.5, 0.6) is 17.2 Å². The van der Waals surface area contributed by atoms with E-state index in [0.717, 1.165) is 11.3 Å². The predicted octanol–water partition coefficient (Wildman–Crippen LogP) is 7.27. The van der Waals surface area contributed by atoms with Gasteiger partial charge in [-0.15, -0.1) is 0 Å². The number of ether oxygens (including phenoxy) is 4. The lowest BCUT2D eigenvalue weighted by Gasteiger charge is -2.13. The van der Waals surface area contributed by atoms with Crippen LogP contribution in [0.25, 0.3) is 5.57 Å². The summed E-state index contributed by atoms with van der Waals surface area (Å²) in [6, 6.07) is 24.4. The molecule has 0 aliphatic heterocycles. The Morgan fingerprint density at radius 3 is 2.03 bits per heavy atom. The highest BCUT2D eigenvalue weighted by Gasteiger charge is 2.17. The van der Waals surface area contributed by atoms with Gasteiger partial charge in [-0.2, -0.15) is 0 Å². The summed E-state index contributed by atoms with van der Waals surface area (Å²) in [5.74, 6) is 1.61. The first-order valence-electron chi connectivity index (χ1n) is 11.1.